The van der Waals surface area contributed by atoms with Crippen LogP contribution in [-0.2, 0) is 28.8 Å². The lowest BCUT2D eigenvalue weighted by molar-refractivity contribution is -0.147. The first-order valence-electron chi connectivity index (χ1n) is 9.22. The molecule has 1 unspecified atom stereocenters. The fraction of sp³-hybridized carbons (Fsp3) is 0.765. The van der Waals surface area contributed by atoms with Gasteiger partial charge < -0.3 is 19.5 Å². The van der Waals surface area contributed by atoms with Crippen molar-refractivity contribution in [2.45, 2.75) is 57.0 Å². The Bertz CT molecular complexity index is 674. The molecule has 6 nitrogen and oxygen atoms in total. The molecule has 26 heavy (non-hydrogen) atoms. The van der Waals surface area contributed by atoms with Crippen molar-refractivity contribution in [1.82, 2.24) is 19.8 Å². The highest BCUT2D eigenvalue weighted by Gasteiger charge is 2.41. The summed E-state index contributed by atoms with van der Waals surface area (Å²) in [7, 11) is 0. The highest BCUT2D eigenvalue weighted by molar-refractivity contribution is 5.81. The molecule has 1 amide bonds. The van der Waals surface area contributed by atoms with Crippen LogP contribution in [0.5, 0.6) is 0 Å². The van der Waals surface area contributed by atoms with E-state index in [-0.39, 0.29) is 24.5 Å². The third-order valence-corrected chi connectivity index (χ3v) is 5.56. The van der Waals surface area contributed by atoms with Crippen LogP contribution in [0.25, 0.3) is 0 Å². The fourth-order valence-electron chi connectivity index (χ4n) is 4.22. The number of piperidine rings is 1. The third kappa shape index (κ3) is 3.22. The van der Waals surface area contributed by atoms with Gasteiger partial charge in [-0.05, 0) is 25.7 Å². The summed E-state index contributed by atoms with van der Waals surface area (Å²) in [6.45, 7) is 2.93. The van der Waals surface area contributed by atoms with Crippen LogP contribution in [0, 0.1) is 0 Å². The van der Waals surface area contributed by atoms with E-state index in [2.05, 4.69) is 10.3 Å². The van der Waals surface area contributed by atoms with E-state index in [0.717, 1.165) is 12.8 Å². The van der Waals surface area contributed by atoms with Crippen molar-refractivity contribution in [2.75, 3.05) is 26.2 Å². The number of carbonyl (C=O) groups is 1. The Labute approximate surface area is 149 Å². The summed E-state index contributed by atoms with van der Waals surface area (Å²) in [5.74, 6) is -0.812. The number of hydrogen-bond acceptors (Lipinski definition) is 4. The van der Waals surface area contributed by atoms with E-state index in [1.807, 2.05) is 0 Å². The number of fused-ring (bicyclic) bond motifs is 1. The minimum Gasteiger partial charge on any atom is -0.368 e. The van der Waals surface area contributed by atoms with Crippen molar-refractivity contribution >= 4 is 5.91 Å². The third-order valence-electron chi connectivity index (χ3n) is 5.56. The molecular weight excluding hydrogens is 349 g/mol. The molecule has 1 N–H and O–H groups in total. The van der Waals surface area contributed by atoms with Gasteiger partial charge >= 0.3 is 6.18 Å². The number of alkyl halides is 3. The highest BCUT2D eigenvalue weighted by Crippen LogP contribution is 2.36. The van der Waals surface area contributed by atoms with Crippen LogP contribution in [0.4, 0.5) is 13.2 Å². The first-order chi connectivity index (χ1) is 12.4. The molecule has 0 bridgehead atoms. The summed E-state index contributed by atoms with van der Waals surface area (Å²) in [5, 5.41) is 3.14. The smallest absolute Gasteiger partial charge is 0.368 e. The maximum absolute atomic E-state index is 13.3. The molecule has 2 saturated heterocycles. The quantitative estimate of drug-likeness (QED) is 0.861. The Kier molecular flexibility index (Phi) is 4.68. The van der Waals surface area contributed by atoms with Crippen LogP contribution in [-0.4, -0.2) is 52.7 Å². The van der Waals surface area contributed by atoms with Crippen molar-refractivity contribution < 1.29 is 22.7 Å². The molecule has 144 valence electrons. The van der Waals surface area contributed by atoms with Gasteiger partial charge in [-0.3, -0.25) is 4.79 Å². The summed E-state index contributed by atoms with van der Waals surface area (Å²) < 4.78 is 46.7. The van der Waals surface area contributed by atoms with Crippen molar-refractivity contribution in [3.05, 3.63) is 17.2 Å². The van der Waals surface area contributed by atoms with E-state index in [4.69, 9.17) is 4.74 Å². The van der Waals surface area contributed by atoms with Crippen LogP contribution >= 0.6 is 0 Å². The molecule has 1 aromatic rings. The summed E-state index contributed by atoms with van der Waals surface area (Å²) in [4.78, 5) is 18.2. The summed E-state index contributed by atoms with van der Waals surface area (Å²) in [6.07, 6.45) is -1.84. The number of ether oxygens (including phenoxy) is 1. The van der Waals surface area contributed by atoms with Gasteiger partial charge in [0.2, 0.25) is 5.82 Å². The molecule has 0 aliphatic carbocycles. The van der Waals surface area contributed by atoms with Gasteiger partial charge in [0, 0.05) is 45.2 Å². The average molecular weight is 372 g/mol. The van der Waals surface area contributed by atoms with E-state index in [1.165, 1.54) is 4.57 Å². The second kappa shape index (κ2) is 6.84. The first-order valence-corrected chi connectivity index (χ1v) is 9.22. The molecule has 0 spiro atoms. The van der Waals surface area contributed by atoms with Crippen LogP contribution in [0.15, 0.2) is 0 Å². The Morgan fingerprint density at radius 2 is 1.96 bits per heavy atom. The standard InChI is InChI=1S/C17H23F3N4O2/c18-17(19,20)16-22-14(12-10-21-5-8-24(12)16)11-3-6-23(7-4-11)15(25)13-2-1-9-26-13/h11,13,21H,1-10H2. The lowest BCUT2D eigenvalue weighted by Gasteiger charge is -2.33. The number of halogens is 3. The molecule has 0 saturated carbocycles. The number of nitrogens with zero attached hydrogens (tertiary/aromatic N) is 3. The second-order valence-electron chi connectivity index (χ2n) is 7.19. The molecule has 2 fully saturated rings. The normalized spacial score (nSPS) is 24.7. The molecule has 4 rings (SSSR count). The first kappa shape index (κ1) is 17.8. The average Bonchev–Trinajstić information content (AvgIpc) is 3.29. The van der Waals surface area contributed by atoms with Crippen LogP contribution in [0.3, 0.4) is 0 Å². The predicted molar refractivity (Wildman–Crippen MR) is 86.5 cm³/mol. The monoisotopic (exact) mass is 372 g/mol. The molecular formula is C17H23F3N4O2. The fourth-order valence-corrected chi connectivity index (χ4v) is 4.22. The van der Waals surface area contributed by atoms with Crippen LogP contribution < -0.4 is 5.32 Å². The zero-order valence-electron chi connectivity index (χ0n) is 14.5. The van der Waals surface area contributed by atoms with E-state index < -0.39 is 12.0 Å². The van der Waals surface area contributed by atoms with Crippen molar-refractivity contribution in [3.63, 3.8) is 0 Å². The van der Waals surface area contributed by atoms with Crippen molar-refractivity contribution in [2.24, 2.45) is 0 Å². The lowest BCUT2D eigenvalue weighted by atomic mass is 9.91. The Hall–Kier alpha value is -1.61. The van der Waals surface area contributed by atoms with Gasteiger partial charge in [-0.15, -0.1) is 0 Å². The lowest BCUT2D eigenvalue weighted by Crippen LogP contribution is -2.43. The minimum atomic E-state index is -4.44. The van der Waals surface area contributed by atoms with Gasteiger partial charge in [-0.2, -0.15) is 13.2 Å². The van der Waals surface area contributed by atoms with E-state index in [9.17, 15) is 18.0 Å². The molecule has 1 aromatic heterocycles. The molecule has 3 aliphatic rings. The number of carbonyl (C=O) groups excluding carboxylic acids is 1. The SMILES string of the molecule is O=C(C1CCCO1)N1CCC(c2nc(C(F)(F)F)n3c2CNCC3)CC1. The zero-order valence-corrected chi connectivity index (χ0v) is 14.5. The zero-order chi connectivity index (χ0) is 18.3. The van der Waals surface area contributed by atoms with Gasteiger partial charge in [-0.1, -0.05) is 0 Å². The summed E-state index contributed by atoms with van der Waals surface area (Å²) in [6, 6.07) is 0. The molecule has 4 heterocycles. The highest BCUT2D eigenvalue weighted by atomic mass is 19.4. The Morgan fingerprint density at radius 3 is 2.62 bits per heavy atom. The molecule has 3 aliphatic heterocycles. The number of hydrogen-bond donors (Lipinski definition) is 1. The summed E-state index contributed by atoms with van der Waals surface area (Å²) in [5.41, 5.74) is 1.20. The number of aromatic nitrogens is 2. The summed E-state index contributed by atoms with van der Waals surface area (Å²) >= 11 is 0. The largest absolute Gasteiger partial charge is 0.449 e. The molecule has 1 atom stereocenters. The maximum Gasteiger partial charge on any atom is 0.449 e. The Morgan fingerprint density at radius 1 is 1.19 bits per heavy atom. The van der Waals surface area contributed by atoms with E-state index >= 15 is 0 Å². The van der Waals surface area contributed by atoms with Crippen molar-refractivity contribution in [3.8, 4) is 0 Å². The number of amides is 1. The van der Waals surface area contributed by atoms with Gasteiger partial charge in [0.15, 0.2) is 0 Å². The number of nitrogens with one attached hydrogen (secondary N) is 1. The molecule has 0 radical (unpaired) electrons. The molecule has 9 heteroatoms. The van der Waals surface area contributed by atoms with Gasteiger partial charge in [0.05, 0.1) is 11.4 Å². The number of rotatable bonds is 2. The second-order valence-corrected chi connectivity index (χ2v) is 7.19. The number of imidazole rings is 1. The van der Waals surface area contributed by atoms with Gasteiger partial charge in [0.25, 0.3) is 5.91 Å². The maximum atomic E-state index is 13.3. The topological polar surface area (TPSA) is 59.4 Å². The van der Waals surface area contributed by atoms with Crippen LogP contribution in [0.1, 0.15) is 48.8 Å². The van der Waals surface area contributed by atoms with E-state index in [0.29, 0.717) is 57.0 Å². The van der Waals surface area contributed by atoms with Crippen molar-refractivity contribution in [1.29, 1.82) is 0 Å². The van der Waals surface area contributed by atoms with E-state index in [1.54, 1.807) is 4.90 Å². The minimum absolute atomic E-state index is 0.0190. The van der Waals surface area contributed by atoms with Crippen LogP contribution in [0.2, 0.25) is 0 Å². The number of likely N-dealkylation sites (tertiary alicyclic amines) is 1. The van der Waals surface area contributed by atoms with Gasteiger partial charge in [0.1, 0.15) is 6.10 Å². The predicted octanol–water partition coefficient (Wildman–Crippen LogP) is 1.89. The molecule has 0 aromatic carbocycles. The van der Waals surface area contributed by atoms with Gasteiger partial charge in [-0.25, -0.2) is 4.98 Å². The Balaban J connectivity index is 1.49.